The molecule has 2 aromatic carbocycles. The number of fused-ring (bicyclic) bond motifs is 3. The maximum absolute atomic E-state index is 13.1. The fraction of sp³-hybridized carbons (Fsp3) is 0.150. The fourth-order valence-corrected chi connectivity index (χ4v) is 3.33. The van der Waals surface area contributed by atoms with Crippen LogP contribution in [0.4, 0.5) is 13.2 Å². The first-order chi connectivity index (χ1) is 13.8. The second-order valence-corrected chi connectivity index (χ2v) is 6.51. The number of benzene rings is 2. The number of aryl methyl sites for hydroxylation is 1. The fourth-order valence-electron chi connectivity index (χ4n) is 3.33. The third-order valence-corrected chi connectivity index (χ3v) is 4.59. The molecular weight excluding hydrogens is 387 g/mol. The van der Waals surface area contributed by atoms with E-state index in [1.54, 1.807) is 30.3 Å². The Hall–Kier alpha value is -3.62. The SMILES string of the molecule is O=C(O)CCc1nc2c(=O)[nH]c3cc(C(F)(F)F)ccc3n2c1-c1ccccc1. The van der Waals surface area contributed by atoms with Gasteiger partial charge in [-0.2, -0.15) is 13.2 Å². The molecule has 0 aliphatic rings. The summed E-state index contributed by atoms with van der Waals surface area (Å²) in [6, 6.07) is 12.0. The lowest BCUT2D eigenvalue weighted by Crippen LogP contribution is -2.12. The second kappa shape index (κ2) is 6.77. The monoisotopic (exact) mass is 401 g/mol. The molecule has 0 aliphatic carbocycles. The predicted molar refractivity (Wildman–Crippen MR) is 99.7 cm³/mol. The van der Waals surface area contributed by atoms with Gasteiger partial charge in [-0.15, -0.1) is 0 Å². The molecule has 0 fully saturated rings. The lowest BCUT2D eigenvalue weighted by molar-refractivity contribution is -0.138. The van der Waals surface area contributed by atoms with Crippen LogP contribution in [0.15, 0.2) is 53.3 Å². The molecular formula is C20H14F3N3O3. The molecule has 0 atom stereocenters. The van der Waals surface area contributed by atoms with Crippen molar-refractivity contribution >= 4 is 22.6 Å². The number of aliphatic carboxylic acids is 1. The van der Waals surface area contributed by atoms with Crippen LogP contribution in [-0.4, -0.2) is 25.4 Å². The number of hydrogen-bond acceptors (Lipinski definition) is 3. The van der Waals surface area contributed by atoms with Gasteiger partial charge in [0.25, 0.3) is 5.56 Å². The second-order valence-electron chi connectivity index (χ2n) is 6.51. The number of nitrogens with zero attached hydrogens (tertiary/aromatic N) is 2. The Kier molecular flexibility index (Phi) is 4.37. The molecule has 2 heterocycles. The molecule has 0 radical (unpaired) electrons. The van der Waals surface area contributed by atoms with Gasteiger partial charge in [0.05, 0.1) is 34.4 Å². The number of alkyl halides is 3. The number of aromatic amines is 1. The standard InChI is InChI=1S/C20H14F3N3O3/c21-20(22,23)12-6-8-15-14(10-12)25-19(29)18-24-13(7-9-16(27)28)17(26(15)18)11-4-2-1-3-5-11/h1-6,8,10H,7,9H2,(H,25,29)(H,27,28). The normalized spacial score (nSPS) is 12.0. The smallest absolute Gasteiger partial charge is 0.416 e. The van der Waals surface area contributed by atoms with Gasteiger partial charge in [-0.05, 0) is 18.2 Å². The van der Waals surface area contributed by atoms with Crippen molar-refractivity contribution in [1.82, 2.24) is 14.4 Å². The zero-order chi connectivity index (χ0) is 20.8. The van der Waals surface area contributed by atoms with Gasteiger partial charge in [0.1, 0.15) is 0 Å². The van der Waals surface area contributed by atoms with Crippen LogP contribution in [-0.2, 0) is 17.4 Å². The van der Waals surface area contributed by atoms with E-state index in [9.17, 15) is 22.8 Å². The average Bonchev–Trinajstić information content (AvgIpc) is 3.06. The summed E-state index contributed by atoms with van der Waals surface area (Å²) in [6.45, 7) is 0. The van der Waals surface area contributed by atoms with E-state index in [4.69, 9.17) is 5.11 Å². The Labute approximate surface area is 161 Å². The van der Waals surface area contributed by atoms with Gasteiger partial charge in [0.2, 0.25) is 5.65 Å². The molecule has 0 bridgehead atoms. The van der Waals surface area contributed by atoms with Crippen molar-refractivity contribution in [3.63, 3.8) is 0 Å². The van der Waals surface area contributed by atoms with Crippen LogP contribution in [0.2, 0.25) is 0 Å². The van der Waals surface area contributed by atoms with E-state index in [0.717, 1.165) is 12.1 Å². The van der Waals surface area contributed by atoms with Crippen molar-refractivity contribution in [2.75, 3.05) is 0 Å². The summed E-state index contributed by atoms with van der Waals surface area (Å²) in [6.07, 6.45) is -4.68. The molecule has 2 N–H and O–H groups in total. The summed E-state index contributed by atoms with van der Waals surface area (Å²) >= 11 is 0. The number of carboxylic acid groups (broad SMARTS) is 1. The molecule has 6 nitrogen and oxygen atoms in total. The van der Waals surface area contributed by atoms with Crippen molar-refractivity contribution in [2.45, 2.75) is 19.0 Å². The number of carbonyl (C=O) groups is 1. The Balaban J connectivity index is 2.08. The number of aromatic nitrogens is 3. The molecule has 0 saturated heterocycles. The molecule has 148 valence electrons. The molecule has 0 amide bonds. The molecule has 4 rings (SSSR count). The molecule has 0 spiro atoms. The van der Waals surface area contributed by atoms with E-state index in [1.165, 1.54) is 10.5 Å². The van der Waals surface area contributed by atoms with E-state index >= 15 is 0 Å². The number of imidazole rings is 1. The van der Waals surface area contributed by atoms with E-state index in [2.05, 4.69) is 9.97 Å². The first kappa shape index (κ1) is 18.7. The first-order valence-corrected chi connectivity index (χ1v) is 8.67. The van der Waals surface area contributed by atoms with Crippen LogP contribution in [0.25, 0.3) is 27.9 Å². The van der Waals surface area contributed by atoms with Crippen molar-refractivity contribution in [2.24, 2.45) is 0 Å². The van der Waals surface area contributed by atoms with Crippen LogP contribution in [0, 0.1) is 0 Å². The highest BCUT2D eigenvalue weighted by atomic mass is 19.4. The zero-order valence-corrected chi connectivity index (χ0v) is 14.8. The summed E-state index contributed by atoms with van der Waals surface area (Å²) in [5.74, 6) is -1.02. The minimum atomic E-state index is -4.55. The molecule has 0 saturated carbocycles. The van der Waals surface area contributed by atoms with E-state index < -0.39 is 23.3 Å². The summed E-state index contributed by atoms with van der Waals surface area (Å²) in [5, 5.41) is 9.04. The summed E-state index contributed by atoms with van der Waals surface area (Å²) < 4.78 is 40.8. The van der Waals surface area contributed by atoms with Crippen LogP contribution >= 0.6 is 0 Å². The van der Waals surface area contributed by atoms with Gasteiger partial charge >= 0.3 is 12.1 Å². The Morgan fingerprint density at radius 2 is 1.86 bits per heavy atom. The molecule has 0 unspecified atom stereocenters. The average molecular weight is 401 g/mol. The molecule has 2 aromatic heterocycles. The summed E-state index contributed by atoms with van der Waals surface area (Å²) in [7, 11) is 0. The maximum Gasteiger partial charge on any atom is 0.416 e. The number of nitrogens with one attached hydrogen (secondary N) is 1. The quantitative estimate of drug-likeness (QED) is 0.543. The van der Waals surface area contributed by atoms with Gasteiger partial charge in [0, 0.05) is 12.0 Å². The Bertz CT molecular complexity index is 1290. The van der Waals surface area contributed by atoms with Crippen LogP contribution < -0.4 is 5.56 Å². The number of rotatable bonds is 4. The van der Waals surface area contributed by atoms with E-state index in [0.29, 0.717) is 22.5 Å². The third-order valence-electron chi connectivity index (χ3n) is 4.59. The number of carboxylic acids is 1. The highest BCUT2D eigenvalue weighted by Gasteiger charge is 2.31. The van der Waals surface area contributed by atoms with Crippen LogP contribution in [0.3, 0.4) is 0 Å². The van der Waals surface area contributed by atoms with Crippen molar-refractivity contribution in [3.05, 3.63) is 70.1 Å². The predicted octanol–water partition coefficient (Wildman–Crippen LogP) is 3.88. The summed E-state index contributed by atoms with van der Waals surface area (Å²) in [4.78, 5) is 30.4. The minimum Gasteiger partial charge on any atom is -0.481 e. The Morgan fingerprint density at radius 1 is 1.14 bits per heavy atom. The zero-order valence-electron chi connectivity index (χ0n) is 14.8. The third kappa shape index (κ3) is 3.35. The topological polar surface area (TPSA) is 87.5 Å². The number of H-pyrrole nitrogens is 1. The van der Waals surface area contributed by atoms with E-state index in [-0.39, 0.29) is 24.0 Å². The molecule has 0 aliphatic heterocycles. The number of halogens is 3. The largest absolute Gasteiger partial charge is 0.481 e. The summed E-state index contributed by atoms with van der Waals surface area (Å²) in [5.41, 5.74) is 0.346. The highest BCUT2D eigenvalue weighted by molar-refractivity contribution is 5.83. The van der Waals surface area contributed by atoms with Gasteiger partial charge in [-0.3, -0.25) is 14.0 Å². The highest BCUT2D eigenvalue weighted by Crippen LogP contribution is 2.33. The van der Waals surface area contributed by atoms with Gasteiger partial charge < -0.3 is 10.1 Å². The minimum absolute atomic E-state index is 0.00324. The molecule has 4 aromatic rings. The van der Waals surface area contributed by atoms with Crippen LogP contribution in [0.1, 0.15) is 17.7 Å². The number of hydrogen-bond donors (Lipinski definition) is 2. The van der Waals surface area contributed by atoms with Crippen molar-refractivity contribution in [3.8, 4) is 11.3 Å². The van der Waals surface area contributed by atoms with Gasteiger partial charge in [0.15, 0.2) is 0 Å². The molecule has 29 heavy (non-hydrogen) atoms. The van der Waals surface area contributed by atoms with Crippen molar-refractivity contribution in [1.29, 1.82) is 0 Å². The van der Waals surface area contributed by atoms with Crippen molar-refractivity contribution < 1.29 is 23.1 Å². The lowest BCUT2D eigenvalue weighted by Gasteiger charge is -2.11. The Morgan fingerprint density at radius 3 is 2.52 bits per heavy atom. The van der Waals surface area contributed by atoms with Gasteiger partial charge in [-0.1, -0.05) is 30.3 Å². The first-order valence-electron chi connectivity index (χ1n) is 8.67. The lowest BCUT2D eigenvalue weighted by atomic mass is 10.1. The maximum atomic E-state index is 13.1. The van der Waals surface area contributed by atoms with E-state index in [1.807, 2.05) is 0 Å². The van der Waals surface area contributed by atoms with Crippen LogP contribution in [0.5, 0.6) is 0 Å². The van der Waals surface area contributed by atoms with Gasteiger partial charge in [-0.25, -0.2) is 4.98 Å². The molecule has 9 heteroatoms.